The predicted octanol–water partition coefficient (Wildman–Crippen LogP) is 3.95. The number of hydrogen-bond acceptors (Lipinski definition) is 3. The monoisotopic (exact) mass is 349 g/mol. The summed E-state index contributed by atoms with van der Waals surface area (Å²) in [5.74, 6) is -0.290. The number of sulfonamides is 1. The first-order valence-corrected chi connectivity index (χ1v) is 9.35. The van der Waals surface area contributed by atoms with Crippen LogP contribution in [-0.4, -0.2) is 20.2 Å². The lowest BCUT2D eigenvalue weighted by molar-refractivity contribution is -0.117. The van der Waals surface area contributed by atoms with Gasteiger partial charge in [-0.15, -0.1) is 0 Å². The molecule has 1 atom stereocenters. The van der Waals surface area contributed by atoms with E-state index in [0.717, 1.165) is 5.56 Å². The van der Waals surface area contributed by atoms with Crippen LogP contribution in [0.15, 0.2) is 65.6 Å². The largest absolute Gasteiger partial charge is 0.298 e. The molecule has 0 aliphatic heterocycles. The highest BCUT2D eigenvalue weighted by Gasteiger charge is 2.25. The molecule has 0 aliphatic carbocycles. The van der Waals surface area contributed by atoms with Crippen molar-refractivity contribution in [2.24, 2.45) is 0 Å². The number of carbonyl (C=O) groups excluding carboxylic acids is 1. The van der Waals surface area contributed by atoms with Gasteiger partial charge in [0.25, 0.3) is 0 Å². The predicted molar refractivity (Wildman–Crippen MR) is 100 cm³/mol. The summed E-state index contributed by atoms with van der Waals surface area (Å²) in [6.07, 6.45) is 6.56. The van der Waals surface area contributed by atoms with Gasteiger partial charge in [0.15, 0.2) is 5.78 Å². The van der Waals surface area contributed by atoms with Crippen molar-refractivity contribution in [3.05, 3.63) is 66.3 Å². The molecule has 0 radical (unpaired) electrons. The van der Waals surface area contributed by atoms with Crippen molar-refractivity contribution in [2.45, 2.75) is 45.6 Å². The molecular formula is C19H27NO3S. The molecule has 132 valence electrons. The van der Waals surface area contributed by atoms with E-state index in [-0.39, 0.29) is 10.7 Å². The molecule has 1 rings (SSSR count). The van der Waals surface area contributed by atoms with E-state index in [0.29, 0.717) is 5.57 Å². The van der Waals surface area contributed by atoms with Crippen LogP contribution in [0.3, 0.4) is 0 Å². The highest BCUT2D eigenvalue weighted by atomic mass is 32.2. The minimum atomic E-state index is -3.78. The molecule has 4 nitrogen and oxygen atoms in total. The van der Waals surface area contributed by atoms with Crippen LogP contribution in [0.4, 0.5) is 0 Å². The third-order valence-electron chi connectivity index (χ3n) is 3.01. The summed E-state index contributed by atoms with van der Waals surface area (Å²) in [4.78, 5) is 12.0. The van der Waals surface area contributed by atoms with E-state index in [1.165, 1.54) is 25.1 Å². The zero-order valence-electron chi connectivity index (χ0n) is 15.0. The van der Waals surface area contributed by atoms with Crippen LogP contribution >= 0.6 is 0 Å². The number of nitrogens with one attached hydrogen (secondary N) is 1. The summed E-state index contributed by atoms with van der Waals surface area (Å²) in [6, 6.07) is 5.51. The molecule has 0 fully saturated rings. The summed E-state index contributed by atoms with van der Waals surface area (Å²) >= 11 is 0. The number of allylic oxidation sites excluding steroid dienone is 3. The van der Waals surface area contributed by atoms with E-state index in [4.69, 9.17) is 0 Å². The Labute approximate surface area is 146 Å². The molecule has 0 spiro atoms. The first-order chi connectivity index (χ1) is 11.3. The number of ketones is 1. The second-order valence-corrected chi connectivity index (χ2v) is 6.59. The van der Waals surface area contributed by atoms with Gasteiger partial charge < -0.3 is 0 Å². The topological polar surface area (TPSA) is 63.2 Å². The summed E-state index contributed by atoms with van der Waals surface area (Å²) in [6.45, 7) is 12.6. The van der Waals surface area contributed by atoms with Gasteiger partial charge in [-0.1, -0.05) is 62.4 Å². The van der Waals surface area contributed by atoms with Gasteiger partial charge in [-0.2, -0.15) is 4.72 Å². The van der Waals surface area contributed by atoms with Crippen molar-refractivity contribution < 1.29 is 13.2 Å². The summed E-state index contributed by atoms with van der Waals surface area (Å²) in [5, 5.41) is 0. The Morgan fingerprint density at radius 2 is 1.75 bits per heavy atom. The van der Waals surface area contributed by atoms with Crippen molar-refractivity contribution in [3.8, 4) is 0 Å². The quantitative estimate of drug-likeness (QED) is 0.758. The van der Waals surface area contributed by atoms with Crippen molar-refractivity contribution in [1.29, 1.82) is 0 Å². The molecule has 1 aromatic carbocycles. The van der Waals surface area contributed by atoms with Gasteiger partial charge in [-0.05, 0) is 38.5 Å². The zero-order valence-corrected chi connectivity index (χ0v) is 15.9. The highest BCUT2D eigenvalue weighted by Crippen LogP contribution is 2.14. The van der Waals surface area contributed by atoms with Crippen LogP contribution in [0.1, 0.15) is 33.3 Å². The van der Waals surface area contributed by atoms with Crippen molar-refractivity contribution in [2.75, 3.05) is 0 Å². The molecule has 0 aliphatic rings. The van der Waals surface area contributed by atoms with Crippen LogP contribution in [0, 0.1) is 6.92 Å². The normalized spacial score (nSPS) is 13.1. The summed E-state index contributed by atoms with van der Waals surface area (Å²) < 4.78 is 27.3. The molecular weight excluding hydrogens is 322 g/mol. The van der Waals surface area contributed by atoms with E-state index >= 15 is 0 Å². The maximum absolute atomic E-state index is 12.4. The first-order valence-electron chi connectivity index (χ1n) is 7.86. The van der Waals surface area contributed by atoms with E-state index in [9.17, 15) is 13.2 Å². The van der Waals surface area contributed by atoms with Gasteiger partial charge in [0.2, 0.25) is 10.0 Å². The Balaban J connectivity index is 0.00000254. The molecule has 0 saturated carbocycles. The molecule has 5 heteroatoms. The lowest BCUT2D eigenvalue weighted by Crippen LogP contribution is -2.40. The second-order valence-electron chi connectivity index (χ2n) is 4.88. The Kier molecular flexibility index (Phi) is 9.85. The Bertz CT molecular complexity index is 699. The number of hydrogen-bond donors (Lipinski definition) is 1. The maximum Gasteiger partial charge on any atom is 0.241 e. The molecule has 0 amide bonds. The van der Waals surface area contributed by atoms with Crippen LogP contribution < -0.4 is 4.72 Å². The molecule has 1 aromatic rings. The average molecular weight is 349 g/mol. The number of aryl methyl sites for hydroxylation is 1. The standard InChI is InChI=1S/C17H21NO3S.C2H6/c1-5-7-15(8-6-2)17(14(4)19)18-22(20,21)16-11-9-13(3)10-12-16;1-2/h5-12,17-18H,1H2,2-4H3;1-2H3/b8-6-,15-7+;. The van der Waals surface area contributed by atoms with Crippen LogP contribution in [-0.2, 0) is 14.8 Å². The van der Waals surface area contributed by atoms with Gasteiger partial charge in [0.05, 0.1) is 4.90 Å². The molecule has 1 N–H and O–H groups in total. The highest BCUT2D eigenvalue weighted by molar-refractivity contribution is 7.89. The van der Waals surface area contributed by atoms with E-state index < -0.39 is 16.1 Å². The minimum absolute atomic E-state index is 0.128. The van der Waals surface area contributed by atoms with Crippen molar-refractivity contribution >= 4 is 15.8 Å². The fraction of sp³-hybridized carbons (Fsp3) is 0.316. The van der Waals surface area contributed by atoms with Crippen LogP contribution in [0.25, 0.3) is 0 Å². The third-order valence-corrected chi connectivity index (χ3v) is 4.45. The van der Waals surface area contributed by atoms with Crippen LogP contribution in [0.2, 0.25) is 0 Å². The molecule has 0 aromatic heterocycles. The van der Waals surface area contributed by atoms with Gasteiger partial charge in [-0.25, -0.2) is 8.42 Å². The minimum Gasteiger partial charge on any atom is -0.298 e. The van der Waals surface area contributed by atoms with Gasteiger partial charge >= 0.3 is 0 Å². The van der Waals surface area contributed by atoms with E-state index in [2.05, 4.69) is 11.3 Å². The Morgan fingerprint density at radius 3 is 2.17 bits per heavy atom. The average Bonchev–Trinajstić information content (AvgIpc) is 2.54. The number of carbonyl (C=O) groups is 1. The summed E-state index contributed by atoms with van der Waals surface area (Å²) in [7, 11) is -3.78. The molecule has 0 bridgehead atoms. The second kappa shape index (κ2) is 10.7. The Morgan fingerprint density at radius 1 is 1.21 bits per heavy atom. The summed E-state index contributed by atoms with van der Waals surface area (Å²) in [5.41, 5.74) is 1.50. The number of benzene rings is 1. The van der Waals surface area contributed by atoms with Crippen molar-refractivity contribution in [3.63, 3.8) is 0 Å². The third kappa shape index (κ3) is 6.64. The Hall–Kier alpha value is -1.98. The lowest BCUT2D eigenvalue weighted by Gasteiger charge is -2.17. The van der Waals surface area contributed by atoms with E-state index in [1.807, 2.05) is 20.8 Å². The first kappa shape index (κ1) is 22.0. The fourth-order valence-corrected chi connectivity index (χ4v) is 3.15. The van der Waals surface area contributed by atoms with Crippen molar-refractivity contribution in [1.82, 2.24) is 4.72 Å². The van der Waals surface area contributed by atoms with Gasteiger partial charge in [0, 0.05) is 0 Å². The maximum atomic E-state index is 12.4. The smallest absolute Gasteiger partial charge is 0.241 e. The molecule has 0 saturated heterocycles. The number of rotatable bonds is 7. The van der Waals surface area contributed by atoms with Crippen LogP contribution in [0.5, 0.6) is 0 Å². The SMILES string of the molecule is C=C/C=C(\C=C/C)C(NS(=O)(=O)c1ccc(C)cc1)C(C)=O.CC. The van der Waals surface area contributed by atoms with E-state index in [1.54, 1.807) is 37.3 Å². The van der Waals surface area contributed by atoms with Gasteiger partial charge in [-0.3, -0.25) is 4.79 Å². The fourth-order valence-electron chi connectivity index (χ4n) is 1.90. The number of Topliss-reactive ketones (excluding diaryl/α,β-unsaturated/α-hetero) is 1. The molecule has 24 heavy (non-hydrogen) atoms. The molecule has 1 unspecified atom stereocenters. The molecule has 0 heterocycles. The van der Waals surface area contributed by atoms with Gasteiger partial charge in [0.1, 0.15) is 6.04 Å². The zero-order chi connectivity index (χ0) is 18.8. The lowest BCUT2D eigenvalue weighted by atomic mass is 10.0.